The highest BCUT2D eigenvalue weighted by Gasteiger charge is 2.15. The molecule has 1 aromatic carbocycles. The first-order chi connectivity index (χ1) is 9.52. The number of aryl methyl sites for hydroxylation is 1. The van der Waals surface area contributed by atoms with Crippen LogP contribution in [-0.2, 0) is 13.2 Å². The Morgan fingerprint density at radius 1 is 1.50 bits per heavy atom. The van der Waals surface area contributed by atoms with Crippen LogP contribution in [0.1, 0.15) is 16.1 Å². The molecule has 0 unspecified atom stereocenters. The molecule has 1 N–H and O–H groups in total. The molecule has 1 heterocycles. The topological polar surface area (TPSA) is 79.5 Å². The van der Waals surface area contributed by atoms with Crippen molar-refractivity contribution >= 4 is 22.7 Å². The molecule has 0 spiro atoms. The predicted molar refractivity (Wildman–Crippen MR) is 78.0 cm³/mol. The van der Waals surface area contributed by atoms with Gasteiger partial charge in [0, 0.05) is 23.7 Å². The highest BCUT2D eigenvalue weighted by atomic mass is 32.1. The second-order valence-electron chi connectivity index (χ2n) is 4.45. The van der Waals surface area contributed by atoms with Crippen LogP contribution < -0.4 is 4.90 Å². The van der Waals surface area contributed by atoms with E-state index in [1.54, 1.807) is 29.0 Å². The van der Waals surface area contributed by atoms with Crippen LogP contribution in [0.2, 0.25) is 0 Å². The van der Waals surface area contributed by atoms with Crippen LogP contribution in [0.25, 0.3) is 0 Å². The first-order valence-electron chi connectivity index (χ1n) is 6.01. The summed E-state index contributed by atoms with van der Waals surface area (Å²) in [7, 11) is 1.90. The van der Waals surface area contributed by atoms with Crippen LogP contribution in [0.15, 0.2) is 23.7 Å². The van der Waals surface area contributed by atoms with Crippen molar-refractivity contribution in [2.45, 2.75) is 20.1 Å². The lowest BCUT2D eigenvalue weighted by molar-refractivity contribution is -0.385. The van der Waals surface area contributed by atoms with Crippen LogP contribution in [0, 0.1) is 17.0 Å². The molecule has 7 heteroatoms. The third-order valence-electron chi connectivity index (χ3n) is 3.10. The van der Waals surface area contributed by atoms with Gasteiger partial charge in [-0.1, -0.05) is 0 Å². The molecule has 0 aliphatic heterocycles. The van der Waals surface area contributed by atoms with Gasteiger partial charge in [-0.3, -0.25) is 10.1 Å². The summed E-state index contributed by atoms with van der Waals surface area (Å²) in [6.07, 6.45) is 0. The standard InChI is InChI=1S/C13H15N3O3S/c1-9-13(20-8-14-9)6-15(2)11-3-4-12(16(18)19)10(5-11)7-17/h3-5,8,17H,6-7H2,1-2H3. The highest BCUT2D eigenvalue weighted by molar-refractivity contribution is 7.09. The summed E-state index contributed by atoms with van der Waals surface area (Å²) < 4.78 is 0. The Hall–Kier alpha value is -1.99. The molecule has 0 radical (unpaired) electrons. The normalized spacial score (nSPS) is 10.6. The molecule has 0 saturated carbocycles. The molecule has 0 aliphatic rings. The monoisotopic (exact) mass is 293 g/mol. The van der Waals surface area contributed by atoms with E-state index in [0.29, 0.717) is 12.1 Å². The van der Waals surface area contributed by atoms with Gasteiger partial charge in [0.2, 0.25) is 0 Å². The molecule has 2 rings (SSSR count). The maximum absolute atomic E-state index is 10.8. The van der Waals surface area contributed by atoms with Crippen LogP contribution in [0.5, 0.6) is 0 Å². The molecule has 0 bridgehead atoms. The summed E-state index contributed by atoms with van der Waals surface area (Å²) in [5, 5.41) is 20.1. The number of thiazole rings is 1. The number of aliphatic hydroxyl groups excluding tert-OH is 1. The van der Waals surface area contributed by atoms with Gasteiger partial charge in [-0.15, -0.1) is 11.3 Å². The molecular weight excluding hydrogens is 278 g/mol. The number of benzene rings is 1. The minimum absolute atomic E-state index is 0.0568. The summed E-state index contributed by atoms with van der Waals surface area (Å²) in [5.74, 6) is 0. The molecule has 0 amide bonds. The fourth-order valence-corrected chi connectivity index (χ4v) is 2.73. The second-order valence-corrected chi connectivity index (χ2v) is 5.38. The third kappa shape index (κ3) is 2.94. The van der Waals surface area contributed by atoms with Crippen molar-refractivity contribution < 1.29 is 10.0 Å². The SMILES string of the molecule is Cc1ncsc1CN(C)c1ccc([N+](=O)[O-])c(CO)c1. The number of nitrogens with zero attached hydrogens (tertiary/aromatic N) is 3. The number of rotatable bonds is 5. The summed E-state index contributed by atoms with van der Waals surface area (Å²) in [6, 6.07) is 4.76. The highest BCUT2D eigenvalue weighted by Crippen LogP contribution is 2.26. The molecule has 0 atom stereocenters. The Morgan fingerprint density at radius 3 is 2.80 bits per heavy atom. The second kappa shape index (κ2) is 5.98. The first kappa shape index (κ1) is 14.4. The largest absolute Gasteiger partial charge is 0.391 e. The predicted octanol–water partition coefficient (Wildman–Crippen LogP) is 2.49. The van der Waals surface area contributed by atoms with Gasteiger partial charge in [0.15, 0.2) is 0 Å². The van der Waals surface area contributed by atoms with Crippen molar-refractivity contribution in [1.29, 1.82) is 0 Å². The Labute approximate surface area is 120 Å². The average Bonchev–Trinajstić information content (AvgIpc) is 2.83. The zero-order valence-electron chi connectivity index (χ0n) is 11.2. The van der Waals surface area contributed by atoms with Crippen LogP contribution in [0.3, 0.4) is 0 Å². The maximum Gasteiger partial charge on any atom is 0.275 e. The molecule has 6 nitrogen and oxygen atoms in total. The Morgan fingerprint density at radius 2 is 2.25 bits per heavy atom. The van der Waals surface area contributed by atoms with Gasteiger partial charge < -0.3 is 10.0 Å². The van der Waals surface area contributed by atoms with Gasteiger partial charge in [-0.25, -0.2) is 4.98 Å². The number of nitro benzene ring substituents is 1. The number of hydrogen-bond acceptors (Lipinski definition) is 6. The van der Waals surface area contributed by atoms with E-state index in [4.69, 9.17) is 0 Å². The van der Waals surface area contributed by atoms with E-state index < -0.39 is 4.92 Å². The number of anilines is 1. The fraction of sp³-hybridized carbons (Fsp3) is 0.308. The summed E-state index contributed by atoms with van der Waals surface area (Å²) >= 11 is 1.58. The summed E-state index contributed by atoms with van der Waals surface area (Å²) in [4.78, 5) is 17.7. The molecule has 0 fully saturated rings. The average molecular weight is 293 g/mol. The van der Waals surface area contributed by atoms with Crippen molar-refractivity contribution in [3.8, 4) is 0 Å². The van der Waals surface area contributed by atoms with Crippen molar-refractivity contribution in [2.75, 3.05) is 11.9 Å². The lowest BCUT2D eigenvalue weighted by Gasteiger charge is -2.19. The summed E-state index contributed by atoms with van der Waals surface area (Å²) in [5.41, 5.74) is 3.88. The van der Waals surface area contributed by atoms with E-state index >= 15 is 0 Å². The fourth-order valence-electron chi connectivity index (χ4n) is 1.90. The van der Waals surface area contributed by atoms with Crippen molar-refractivity contribution in [3.63, 3.8) is 0 Å². The van der Waals surface area contributed by atoms with E-state index in [1.807, 2.05) is 18.9 Å². The Balaban J connectivity index is 2.24. The lowest BCUT2D eigenvalue weighted by Crippen LogP contribution is -2.16. The van der Waals surface area contributed by atoms with Crippen molar-refractivity contribution in [3.05, 3.63) is 50.0 Å². The zero-order chi connectivity index (χ0) is 14.7. The van der Waals surface area contributed by atoms with E-state index in [-0.39, 0.29) is 12.3 Å². The van der Waals surface area contributed by atoms with Crippen molar-refractivity contribution in [1.82, 2.24) is 4.98 Å². The lowest BCUT2D eigenvalue weighted by atomic mass is 10.1. The van der Waals surface area contributed by atoms with E-state index in [9.17, 15) is 15.2 Å². The first-order valence-corrected chi connectivity index (χ1v) is 6.89. The molecular formula is C13H15N3O3S. The van der Waals surface area contributed by atoms with Gasteiger partial charge in [0.05, 0.1) is 34.8 Å². The molecule has 1 aromatic heterocycles. The van der Waals surface area contributed by atoms with Gasteiger partial charge in [0.25, 0.3) is 5.69 Å². The minimum atomic E-state index is -0.483. The van der Waals surface area contributed by atoms with Gasteiger partial charge in [0.1, 0.15) is 0 Å². The van der Waals surface area contributed by atoms with Gasteiger partial charge in [-0.2, -0.15) is 0 Å². The van der Waals surface area contributed by atoms with Crippen LogP contribution in [-0.4, -0.2) is 22.1 Å². The molecule has 2 aromatic rings. The van der Waals surface area contributed by atoms with E-state index in [0.717, 1.165) is 16.3 Å². The van der Waals surface area contributed by atoms with Gasteiger partial charge in [-0.05, 0) is 19.1 Å². The number of hydrogen-bond donors (Lipinski definition) is 1. The summed E-state index contributed by atoms with van der Waals surface area (Å²) in [6.45, 7) is 2.28. The molecule has 106 valence electrons. The number of aromatic nitrogens is 1. The number of nitro groups is 1. The zero-order valence-corrected chi connectivity index (χ0v) is 12.1. The third-order valence-corrected chi connectivity index (χ3v) is 4.02. The minimum Gasteiger partial charge on any atom is -0.391 e. The maximum atomic E-state index is 10.8. The van der Waals surface area contributed by atoms with Crippen LogP contribution in [0.4, 0.5) is 11.4 Å². The molecule has 20 heavy (non-hydrogen) atoms. The van der Waals surface area contributed by atoms with E-state index in [1.165, 1.54) is 6.07 Å². The van der Waals surface area contributed by atoms with E-state index in [2.05, 4.69) is 4.98 Å². The van der Waals surface area contributed by atoms with Crippen LogP contribution >= 0.6 is 11.3 Å². The Kier molecular flexibility index (Phi) is 4.31. The Bertz CT molecular complexity index is 627. The molecule has 0 aliphatic carbocycles. The smallest absolute Gasteiger partial charge is 0.275 e. The quantitative estimate of drug-likeness (QED) is 0.676. The van der Waals surface area contributed by atoms with Crippen molar-refractivity contribution in [2.24, 2.45) is 0 Å². The number of aliphatic hydroxyl groups is 1. The van der Waals surface area contributed by atoms with Gasteiger partial charge >= 0.3 is 0 Å². The molecule has 0 saturated heterocycles.